The van der Waals surface area contributed by atoms with Crippen molar-refractivity contribution in [2.24, 2.45) is 0 Å². The molecule has 2 aromatic carbocycles. The molecule has 25 heavy (non-hydrogen) atoms. The number of benzene rings is 2. The summed E-state index contributed by atoms with van der Waals surface area (Å²) in [6.45, 7) is 0.739. The first-order chi connectivity index (χ1) is 12.2. The number of carbonyl (C=O) groups excluding carboxylic acids is 1. The van der Waals surface area contributed by atoms with E-state index in [9.17, 15) is 4.79 Å². The molecule has 4 heteroatoms. The molecule has 1 heterocycles. The van der Waals surface area contributed by atoms with E-state index in [0.29, 0.717) is 18.4 Å². The average Bonchev–Trinajstić information content (AvgIpc) is 3.16. The molecule has 0 saturated carbocycles. The summed E-state index contributed by atoms with van der Waals surface area (Å²) in [4.78, 5) is 12.6. The molecule has 0 N–H and O–H groups in total. The van der Waals surface area contributed by atoms with Gasteiger partial charge in [0.2, 0.25) is 0 Å². The Balaban J connectivity index is 1.71. The van der Waals surface area contributed by atoms with Crippen molar-refractivity contribution in [1.82, 2.24) is 0 Å². The number of carbonyl (C=O) groups is 1. The van der Waals surface area contributed by atoms with Gasteiger partial charge in [-0.05, 0) is 61.2 Å². The van der Waals surface area contributed by atoms with Crippen molar-refractivity contribution < 1.29 is 19.0 Å². The molecule has 3 rings (SSSR count). The summed E-state index contributed by atoms with van der Waals surface area (Å²) in [5.74, 6) is 1.71. The normalized spacial score (nSPS) is 19.6. The summed E-state index contributed by atoms with van der Waals surface area (Å²) < 4.78 is 16.5. The third kappa shape index (κ3) is 3.85. The highest BCUT2D eigenvalue weighted by Crippen LogP contribution is 2.41. The van der Waals surface area contributed by atoms with Crippen LogP contribution < -0.4 is 9.47 Å². The van der Waals surface area contributed by atoms with Crippen LogP contribution in [0.25, 0.3) is 0 Å². The smallest absolute Gasteiger partial charge is 0.162 e. The monoisotopic (exact) mass is 340 g/mol. The average molecular weight is 340 g/mol. The molecule has 2 aromatic rings. The molecule has 0 bridgehead atoms. The van der Waals surface area contributed by atoms with Gasteiger partial charge >= 0.3 is 0 Å². The Bertz CT molecular complexity index is 698. The summed E-state index contributed by atoms with van der Waals surface area (Å²) in [5, 5.41) is 0. The minimum absolute atomic E-state index is 0.131. The van der Waals surface area contributed by atoms with Crippen LogP contribution >= 0.6 is 0 Å². The van der Waals surface area contributed by atoms with Crippen molar-refractivity contribution in [3.63, 3.8) is 0 Å². The maximum atomic E-state index is 12.6. The first-order valence-corrected chi connectivity index (χ1v) is 8.63. The van der Waals surface area contributed by atoms with Crippen molar-refractivity contribution in [2.45, 2.75) is 31.3 Å². The molecule has 0 aromatic heterocycles. The van der Waals surface area contributed by atoms with Crippen molar-refractivity contribution in [3.8, 4) is 11.5 Å². The lowest BCUT2D eigenvalue weighted by molar-refractivity contribution is -0.00785. The van der Waals surface area contributed by atoms with E-state index in [1.165, 1.54) is 0 Å². The molecule has 1 unspecified atom stereocenters. The SMILES string of the molecule is COc1ccc(C(=O)CCC2(c3ccc(OC)cc3)CCCO2)cc1. The van der Waals surface area contributed by atoms with Crippen LogP contribution in [0.1, 0.15) is 41.6 Å². The van der Waals surface area contributed by atoms with Gasteiger partial charge in [0, 0.05) is 18.6 Å². The molecule has 0 aliphatic carbocycles. The van der Waals surface area contributed by atoms with Crippen molar-refractivity contribution in [3.05, 3.63) is 59.7 Å². The molecule has 0 spiro atoms. The van der Waals surface area contributed by atoms with Gasteiger partial charge in [-0.25, -0.2) is 0 Å². The molecule has 1 atom stereocenters. The van der Waals surface area contributed by atoms with Gasteiger partial charge in [0.15, 0.2) is 5.78 Å². The maximum absolute atomic E-state index is 12.6. The number of ether oxygens (including phenoxy) is 3. The van der Waals surface area contributed by atoms with E-state index in [4.69, 9.17) is 14.2 Å². The van der Waals surface area contributed by atoms with Crippen molar-refractivity contribution >= 4 is 5.78 Å². The molecule has 4 nitrogen and oxygen atoms in total. The third-order valence-electron chi connectivity index (χ3n) is 4.89. The minimum Gasteiger partial charge on any atom is -0.497 e. The highest BCUT2D eigenvalue weighted by atomic mass is 16.5. The topological polar surface area (TPSA) is 44.8 Å². The minimum atomic E-state index is -0.367. The Morgan fingerprint density at radius 2 is 1.60 bits per heavy atom. The van der Waals surface area contributed by atoms with Gasteiger partial charge in [-0.3, -0.25) is 4.79 Å². The fraction of sp³-hybridized carbons (Fsp3) is 0.381. The quantitative estimate of drug-likeness (QED) is 0.702. The fourth-order valence-corrected chi connectivity index (χ4v) is 3.40. The van der Waals surface area contributed by atoms with E-state index in [-0.39, 0.29) is 11.4 Å². The largest absolute Gasteiger partial charge is 0.497 e. The number of rotatable bonds is 7. The van der Waals surface area contributed by atoms with Crippen LogP contribution in [0.4, 0.5) is 0 Å². The zero-order valence-electron chi connectivity index (χ0n) is 14.8. The van der Waals surface area contributed by atoms with Gasteiger partial charge in [-0.15, -0.1) is 0 Å². The number of hydrogen-bond acceptors (Lipinski definition) is 4. The summed E-state index contributed by atoms with van der Waals surface area (Å²) in [5.41, 5.74) is 1.46. The Kier molecular flexibility index (Phi) is 5.39. The molecular weight excluding hydrogens is 316 g/mol. The highest BCUT2D eigenvalue weighted by Gasteiger charge is 2.37. The molecule has 0 radical (unpaired) electrons. The molecular formula is C21H24O4. The molecule has 0 amide bonds. The third-order valence-corrected chi connectivity index (χ3v) is 4.89. The summed E-state index contributed by atoms with van der Waals surface area (Å²) in [6.07, 6.45) is 3.10. The lowest BCUT2D eigenvalue weighted by atomic mass is 9.85. The predicted octanol–water partition coefficient (Wildman–Crippen LogP) is 4.37. The van der Waals surface area contributed by atoms with Crippen molar-refractivity contribution in [2.75, 3.05) is 20.8 Å². The zero-order valence-corrected chi connectivity index (χ0v) is 14.8. The number of Topliss-reactive ketones (excluding diaryl/α,β-unsaturated/α-hetero) is 1. The number of ketones is 1. The van der Waals surface area contributed by atoms with Crippen LogP contribution in [0, 0.1) is 0 Å². The molecule has 1 aliphatic rings. The van der Waals surface area contributed by atoms with E-state index in [1.807, 2.05) is 48.5 Å². The van der Waals surface area contributed by atoms with Crippen LogP contribution in [0.5, 0.6) is 11.5 Å². The van der Waals surface area contributed by atoms with E-state index in [1.54, 1.807) is 14.2 Å². The molecule has 1 aliphatic heterocycles. The van der Waals surface area contributed by atoms with Crippen LogP contribution in [0.15, 0.2) is 48.5 Å². The Labute approximate surface area is 148 Å². The van der Waals surface area contributed by atoms with Gasteiger partial charge in [-0.1, -0.05) is 12.1 Å². The van der Waals surface area contributed by atoms with Gasteiger partial charge in [0.05, 0.1) is 19.8 Å². The van der Waals surface area contributed by atoms with Crippen LogP contribution in [-0.2, 0) is 10.3 Å². The fourth-order valence-electron chi connectivity index (χ4n) is 3.40. The maximum Gasteiger partial charge on any atom is 0.162 e. The molecule has 1 saturated heterocycles. The second kappa shape index (κ2) is 7.70. The lowest BCUT2D eigenvalue weighted by Gasteiger charge is -2.29. The summed E-state index contributed by atoms with van der Waals surface area (Å²) in [7, 11) is 3.28. The van der Waals surface area contributed by atoms with E-state index < -0.39 is 0 Å². The molecule has 1 fully saturated rings. The van der Waals surface area contributed by atoms with E-state index in [0.717, 1.165) is 36.5 Å². The number of hydrogen-bond donors (Lipinski definition) is 0. The van der Waals surface area contributed by atoms with E-state index >= 15 is 0 Å². The van der Waals surface area contributed by atoms with Gasteiger partial charge < -0.3 is 14.2 Å². The predicted molar refractivity (Wildman–Crippen MR) is 96.4 cm³/mol. The zero-order chi connectivity index (χ0) is 17.7. The Morgan fingerprint density at radius 3 is 2.12 bits per heavy atom. The van der Waals surface area contributed by atoms with Gasteiger partial charge in [0.25, 0.3) is 0 Å². The van der Waals surface area contributed by atoms with E-state index in [2.05, 4.69) is 0 Å². The highest BCUT2D eigenvalue weighted by molar-refractivity contribution is 5.96. The first-order valence-electron chi connectivity index (χ1n) is 8.63. The molecule has 132 valence electrons. The second-order valence-corrected chi connectivity index (χ2v) is 6.33. The lowest BCUT2D eigenvalue weighted by Crippen LogP contribution is -2.26. The van der Waals surface area contributed by atoms with Crippen LogP contribution in [-0.4, -0.2) is 26.6 Å². The second-order valence-electron chi connectivity index (χ2n) is 6.33. The van der Waals surface area contributed by atoms with Gasteiger partial charge in [0.1, 0.15) is 11.5 Å². The van der Waals surface area contributed by atoms with Crippen molar-refractivity contribution in [1.29, 1.82) is 0 Å². The standard InChI is InChI=1S/C21H24O4/c1-23-18-8-4-16(5-9-18)20(22)12-14-21(13-3-15-25-21)17-6-10-19(24-2)11-7-17/h4-11H,3,12-15H2,1-2H3. The van der Waals surface area contributed by atoms with Crippen LogP contribution in [0.2, 0.25) is 0 Å². The summed E-state index contributed by atoms with van der Waals surface area (Å²) >= 11 is 0. The number of methoxy groups -OCH3 is 2. The van der Waals surface area contributed by atoms with Gasteiger partial charge in [-0.2, -0.15) is 0 Å². The Morgan fingerprint density at radius 1 is 1.00 bits per heavy atom. The first kappa shape index (κ1) is 17.5. The summed E-state index contributed by atoms with van der Waals surface area (Å²) in [6, 6.07) is 15.3. The van der Waals surface area contributed by atoms with Crippen LogP contribution in [0.3, 0.4) is 0 Å². The Hall–Kier alpha value is -2.33.